The predicted molar refractivity (Wildman–Crippen MR) is 65.9 cm³/mol. The molecule has 0 heterocycles. The molecule has 82 valence electrons. The van der Waals surface area contributed by atoms with E-state index in [-0.39, 0.29) is 10.8 Å². The number of ether oxygens (including phenoxy) is 1. The summed E-state index contributed by atoms with van der Waals surface area (Å²) in [5.41, 5.74) is 2.10. The van der Waals surface area contributed by atoms with Crippen LogP contribution in [0.4, 0.5) is 0 Å². The number of aromatic hydroxyl groups is 1. The number of hydrogen-bond acceptors (Lipinski definition) is 3. The molecule has 1 rings (SSSR count). The highest BCUT2D eigenvalue weighted by molar-refractivity contribution is 7.80. The van der Waals surface area contributed by atoms with E-state index in [0.29, 0.717) is 17.2 Å². The molecule has 0 aliphatic carbocycles. The van der Waals surface area contributed by atoms with Crippen LogP contribution < -0.4 is 0 Å². The lowest BCUT2D eigenvalue weighted by atomic mass is 10.0. The number of halogens is 1. The number of benzene rings is 1. The lowest BCUT2D eigenvalue weighted by molar-refractivity contribution is 0.335. The van der Waals surface area contributed by atoms with Gasteiger partial charge in [-0.3, -0.25) is 0 Å². The van der Waals surface area contributed by atoms with Gasteiger partial charge < -0.3 is 9.84 Å². The molecule has 0 amide bonds. The Morgan fingerprint density at radius 2 is 2.13 bits per heavy atom. The zero-order chi connectivity index (χ0) is 11.6. The Bertz CT molecular complexity index is 402. The van der Waals surface area contributed by atoms with E-state index in [1.807, 2.05) is 20.8 Å². The van der Waals surface area contributed by atoms with Gasteiger partial charge >= 0.3 is 0 Å². The number of hydrogen-bond donors (Lipinski definition) is 1. The first-order chi connectivity index (χ1) is 6.99. The molecule has 1 aromatic rings. The third-order valence-electron chi connectivity index (χ3n) is 2.14. The molecule has 0 atom stereocenters. The van der Waals surface area contributed by atoms with Crippen LogP contribution in [0.1, 0.15) is 23.6 Å². The largest absolute Gasteiger partial charge is 0.507 e. The number of rotatable bonds is 2. The highest BCUT2D eigenvalue weighted by Crippen LogP contribution is 2.31. The van der Waals surface area contributed by atoms with Gasteiger partial charge in [0.05, 0.1) is 12.2 Å². The smallest absolute Gasteiger partial charge is 0.195 e. The summed E-state index contributed by atoms with van der Waals surface area (Å²) >= 11 is 11.1. The van der Waals surface area contributed by atoms with E-state index >= 15 is 0 Å². The Hall–Kier alpha value is -0.800. The molecule has 0 aliphatic rings. The van der Waals surface area contributed by atoms with E-state index in [4.69, 9.17) is 28.6 Å². The second-order valence-electron chi connectivity index (χ2n) is 3.25. The van der Waals surface area contributed by atoms with Crippen LogP contribution in [-0.2, 0) is 4.74 Å². The Morgan fingerprint density at radius 3 is 2.67 bits per heavy atom. The molecule has 1 N–H and O–H groups in total. The molecule has 0 saturated carbocycles. The summed E-state index contributed by atoms with van der Waals surface area (Å²) in [7, 11) is 0. The van der Waals surface area contributed by atoms with Crippen molar-refractivity contribution < 1.29 is 9.84 Å². The summed E-state index contributed by atoms with van der Waals surface area (Å²) in [6.45, 7) is 5.97. The summed E-state index contributed by atoms with van der Waals surface area (Å²) < 4.78 is 5.20. The number of phenols is 1. The van der Waals surface area contributed by atoms with Gasteiger partial charge in [0.15, 0.2) is 5.05 Å². The fourth-order valence-electron chi connectivity index (χ4n) is 1.40. The van der Waals surface area contributed by atoms with Crippen LogP contribution in [0.2, 0.25) is 5.02 Å². The van der Waals surface area contributed by atoms with Gasteiger partial charge in [0, 0.05) is 5.02 Å². The van der Waals surface area contributed by atoms with Gasteiger partial charge in [-0.2, -0.15) is 0 Å². The van der Waals surface area contributed by atoms with E-state index < -0.39 is 0 Å². The lowest BCUT2D eigenvalue weighted by Crippen LogP contribution is -2.06. The highest BCUT2D eigenvalue weighted by Gasteiger charge is 2.15. The Morgan fingerprint density at radius 1 is 1.53 bits per heavy atom. The van der Waals surface area contributed by atoms with Gasteiger partial charge in [-0.15, -0.1) is 0 Å². The second kappa shape index (κ2) is 4.81. The topological polar surface area (TPSA) is 29.5 Å². The maximum absolute atomic E-state index is 9.77. The van der Waals surface area contributed by atoms with Crippen LogP contribution in [0.5, 0.6) is 5.75 Å². The van der Waals surface area contributed by atoms with Crippen molar-refractivity contribution in [2.45, 2.75) is 20.8 Å². The summed E-state index contributed by atoms with van der Waals surface area (Å²) in [6, 6.07) is 1.59. The van der Waals surface area contributed by atoms with E-state index in [1.165, 1.54) is 0 Å². The Labute approximate surface area is 99.8 Å². The fraction of sp³-hybridized carbons (Fsp3) is 0.364. The molecule has 1 aromatic carbocycles. The van der Waals surface area contributed by atoms with E-state index in [1.54, 1.807) is 6.07 Å². The van der Waals surface area contributed by atoms with Crippen LogP contribution >= 0.6 is 23.8 Å². The first-order valence-corrected chi connectivity index (χ1v) is 5.43. The van der Waals surface area contributed by atoms with E-state index in [0.717, 1.165) is 11.1 Å². The SMILES string of the molecule is CCOC(=S)c1c(O)cc(C)c(Cl)c1C. The fourth-order valence-corrected chi connectivity index (χ4v) is 1.92. The average Bonchev–Trinajstić information content (AvgIpc) is 2.15. The maximum Gasteiger partial charge on any atom is 0.195 e. The quantitative estimate of drug-likeness (QED) is 0.809. The zero-order valence-corrected chi connectivity index (χ0v) is 10.5. The second-order valence-corrected chi connectivity index (χ2v) is 4.00. The number of phenolic OH excluding ortho intramolecular Hbond substituents is 1. The van der Waals surface area contributed by atoms with Crippen LogP contribution in [0, 0.1) is 13.8 Å². The van der Waals surface area contributed by atoms with Gasteiger partial charge in [0.1, 0.15) is 5.75 Å². The van der Waals surface area contributed by atoms with Crippen molar-refractivity contribution in [1.29, 1.82) is 0 Å². The molecule has 0 bridgehead atoms. The van der Waals surface area contributed by atoms with Crippen molar-refractivity contribution in [2.24, 2.45) is 0 Å². The van der Waals surface area contributed by atoms with Crippen molar-refractivity contribution in [3.05, 3.63) is 27.8 Å². The van der Waals surface area contributed by atoms with Crippen molar-refractivity contribution >= 4 is 28.9 Å². The minimum Gasteiger partial charge on any atom is -0.507 e. The van der Waals surface area contributed by atoms with Gasteiger partial charge in [-0.05, 0) is 50.2 Å². The van der Waals surface area contributed by atoms with E-state index in [9.17, 15) is 5.11 Å². The molecule has 0 unspecified atom stereocenters. The Kier molecular flexibility index (Phi) is 3.94. The molecule has 0 fully saturated rings. The molecule has 0 saturated heterocycles. The predicted octanol–water partition coefficient (Wildman–Crippen LogP) is 3.37. The molecule has 2 nitrogen and oxygen atoms in total. The highest BCUT2D eigenvalue weighted by atomic mass is 35.5. The first kappa shape index (κ1) is 12.3. The first-order valence-electron chi connectivity index (χ1n) is 4.64. The molecule has 0 radical (unpaired) electrons. The minimum absolute atomic E-state index is 0.118. The third kappa shape index (κ3) is 2.41. The van der Waals surface area contributed by atoms with Gasteiger partial charge in [-0.25, -0.2) is 0 Å². The van der Waals surface area contributed by atoms with Crippen molar-refractivity contribution in [3.63, 3.8) is 0 Å². The van der Waals surface area contributed by atoms with Gasteiger partial charge in [0.2, 0.25) is 0 Å². The molecule has 15 heavy (non-hydrogen) atoms. The Balaban J connectivity index is 3.29. The molecular formula is C11H13ClO2S. The summed E-state index contributed by atoms with van der Waals surface area (Å²) in [5, 5.41) is 10.7. The van der Waals surface area contributed by atoms with E-state index in [2.05, 4.69) is 0 Å². The lowest BCUT2D eigenvalue weighted by Gasteiger charge is -2.13. The van der Waals surface area contributed by atoms with Gasteiger partial charge in [0.25, 0.3) is 0 Å². The molecule has 0 spiro atoms. The zero-order valence-electron chi connectivity index (χ0n) is 8.93. The van der Waals surface area contributed by atoms with Crippen LogP contribution in [-0.4, -0.2) is 16.8 Å². The van der Waals surface area contributed by atoms with Crippen molar-refractivity contribution in [1.82, 2.24) is 0 Å². The summed E-state index contributed by atoms with van der Waals surface area (Å²) in [6.07, 6.45) is 0. The molecule has 4 heteroatoms. The minimum atomic E-state index is 0.118. The third-order valence-corrected chi connectivity index (χ3v) is 3.04. The number of aryl methyl sites for hydroxylation is 1. The molecule has 0 aromatic heterocycles. The average molecular weight is 245 g/mol. The normalized spacial score (nSPS) is 10.1. The summed E-state index contributed by atoms with van der Waals surface area (Å²) in [4.78, 5) is 0. The molecule has 0 aliphatic heterocycles. The monoisotopic (exact) mass is 244 g/mol. The van der Waals surface area contributed by atoms with Crippen LogP contribution in [0.15, 0.2) is 6.07 Å². The van der Waals surface area contributed by atoms with Crippen LogP contribution in [0.3, 0.4) is 0 Å². The van der Waals surface area contributed by atoms with Crippen molar-refractivity contribution in [3.8, 4) is 5.75 Å². The number of thiocarbonyl (C=S) groups is 1. The van der Waals surface area contributed by atoms with Gasteiger partial charge in [-0.1, -0.05) is 11.6 Å². The molecular weight excluding hydrogens is 232 g/mol. The summed E-state index contributed by atoms with van der Waals surface area (Å²) in [5.74, 6) is 0.118. The van der Waals surface area contributed by atoms with Crippen LogP contribution in [0.25, 0.3) is 0 Å². The maximum atomic E-state index is 9.77. The van der Waals surface area contributed by atoms with Crippen molar-refractivity contribution in [2.75, 3.05) is 6.61 Å². The standard InChI is InChI=1S/C11H13ClO2S/c1-4-14-11(15)9-7(3)10(12)6(2)5-8(9)13/h5,13H,4H2,1-3H3.